The topological polar surface area (TPSA) is 143 Å². The highest BCUT2D eigenvalue weighted by molar-refractivity contribution is 5.87. The van der Waals surface area contributed by atoms with Crippen LogP contribution in [-0.4, -0.2) is 92.9 Å². The maximum Gasteiger partial charge on any atom is 0.407 e. The van der Waals surface area contributed by atoms with Crippen LogP contribution in [0.25, 0.3) is 0 Å². The van der Waals surface area contributed by atoms with Crippen LogP contribution in [0.3, 0.4) is 0 Å². The minimum atomic E-state index is -0.439. The third kappa shape index (κ3) is 8.29. The van der Waals surface area contributed by atoms with Crippen LogP contribution in [0.2, 0.25) is 0 Å². The summed E-state index contributed by atoms with van der Waals surface area (Å²) in [5.74, 6) is -0.455. The number of hydrogen-bond acceptors (Lipinski definition) is 8. The SMILES string of the molecule is CN[C@@H](Cc1ccccc1)C(=O)NCC(=O)N[C@H]1CC[C@H](NC(=O)OC2CC[C@]3(CO3)C(C3(C)O[C@@H]3CC=C(C)C)C2OC)CC1. The van der Waals surface area contributed by atoms with Crippen molar-refractivity contribution in [2.45, 2.75) is 120 Å². The number of amides is 3. The zero-order chi connectivity index (χ0) is 32.9. The fourth-order valence-electron chi connectivity index (χ4n) is 7.54. The molecule has 2 aliphatic carbocycles. The first-order valence-electron chi connectivity index (χ1n) is 16.8. The quantitative estimate of drug-likeness (QED) is 0.190. The Morgan fingerprint density at radius 1 is 1.04 bits per heavy atom. The lowest BCUT2D eigenvalue weighted by Crippen LogP contribution is -2.56. The summed E-state index contributed by atoms with van der Waals surface area (Å²) in [4.78, 5) is 38.3. The van der Waals surface area contributed by atoms with Gasteiger partial charge in [-0.15, -0.1) is 0 Å². The van der Waals surface area contributed by atoms with E-state index in [0.29, 0.717) is 19.4 Å². The highest BCUT2D eigenvalue weighted by atomic mass is 16.6. The number of rotatable bonds is 13. The molecule has 4 unspecified atom stereocenters. The van der Waals surface area contributed by atoms with Gasteiger partial charge < -0.3 is 40.2 Å². The molecule has 5 rings (SSSR count). The zero-order valence-electron chi connectivity index (χ0n) is 27.9. The molecule has 2 saturated heterocycles. The molecule has 3 amide bonds. The second kappa shape index (κ2) is 14.8. The molecular formula is C35H52N4O7. The average Bonchev–Trinajstić information content (AvgIpc) is 3.96. The van der Waals surface area contributed by atoms with Crippen LogP contribution in [0.15, 0.2) is 42.0 Å². The van der Waals surface area contributed by atoms with Crippen LogP contribution in [-0.2, 0) is 35.0 Å². The average molecular weight is 641 g/mol. The number of epoxide rings is 2. The van der Waals surface area contributed by atoms with Gasteiger partial charge in [0.25, 0.3) is 0 Å². The Hall–Kier alpha value is -2.99. The molecule has 11 nitrogen and oxygen atoms in total. The number of alkyl carbamates (subject to hydrolysis) is 1. The Kier molecular flexibility index (Phi) is 11.1. The van der Waals surface area contributed by atoms with Gasteiger partial charge in [-0.2, -0.15) is 0 Å². The maximum absolute atomic E-state index is 13.1. The number of carbonyl (C=O) groups excluding carboxylic acids is 3. The standard InChI is InChI=1S/C35H52N4O7/c1-22(2)11-16-28-34(3,46-28)31-30(43-5)27(17-18-35(31)21-44-35)45-33(42)39-25-14-12-24(13-15-25)38-29(40)20-37-32(41)26(36-4)19-23-9-7-6-8-10-23/h6-11,24-28,30-31,36H,12-21H2,1-5H3,(H,37,41)(H,38,40)(H,39,42)/t24-,25-,26-,27?,28+,30?,31?,34?,35-/m0/s1. The van der Waals surface area contributed by atoms with Crippen molar-refractivity contribution in [1.29, 1.82) is 0 Å². The molecule has 4 fully saturated rings. The van der Waals surface area contributed by atoms with Gasteiger partial charge in [-0.1, -0.05) is 42.0 Å². The molecule has 254 valence electrons. The molecule has 1 aromatic rings. The van der Waals surface area contributed by atoms with Gasteiger partial charge in [-0.3, -0.25) is 9.59 Å². The van der Waals surface area contributed by atoms with E-state index in [1.165, 1.54) is 5.57 Å². The number of carbonyl (C=O) groups is 3. The molecule has 46 heavy (non-hydrogen) atoms. The lowest BCUT2D eigenvalue weighted by Gasteiger charge is -2.42. The van der Waals surface area contributed by atoms with Gasteiger partial charge in [0, 0.05) is 19.2 Å². The molecule has 7 atom stereocenters. The molecule has 4 N–H and O–H groups in total. The molecule has 11 heteroatoms. The van der Waals surface area contributed by atoms with E-state index in [-0.39, 0.29) is 59.8 Å². The number of methoxy groups -OCH3 is 1. The first-order chi connectivity index (χ1) is 22.1. The summed E-state index contributed by atoms with van der Waals surface area (Å²) in [6.07, 6.45) is 6.91. The summed E-state index contributed by atoms with van der Waals surface area (Å²) in [5.41, 5.74) is 1.65. The summed E-state index contributed by atoms with van der Waals surface area (Å²) >= 11 is 0. The fourth-order valence-corrected chi connectivity index (χ4v) is 7.54. The van der Waals surface area contributed by atoms with Crippen molar-refractivity contribution in [2.24, 2.45) is 5.92 Å². The predicted molar refractivity (Wildman–Crippen MR) is 173 cm³/mol. The number of likely N-dealkylation sites (N-methyl/N-ethyl adjacent to an activating group) is 1. The number of allylic oxidation sites excluding steroid dienone is 1. The molecule has 1 aromatic carbocycles. The van der Waals surface area contributed by atoms with Crippen molar-refractivity contribution in [3.63, 3.8) is 0 Å². The number of hydrogen-bond donors (Lipinski definition) is 4. The fraction of sp³-hybridized carbons (Fsp3) is 0.686. The molecular weight excluding hydrogens is 588 g/mol. The Morgan fingerprint density at radius 3 is 2.33 bits per heavy atom. The Balaban J connectivity index is 1.03. The van der Waals surface area contributed by atoms with Gasteiger partial charge >= 0.3 is 6.09 Å². The summed E-state index contributed by atoms with van der Waals surface area (Å²) in [5, 5.41) is 11.8. The summed E-state index contributed by atoms with van der Waals surface area (Å²) in [6, 6.07) is 9.30. The number of benzene rings is 1. The van der Waals surface area contributed by atoms with Gasteiger partial charge in [0.2, 0.25) is 11.8 Å². The molecule has 2 saturated carbocycles. The molecule has 2 aliphatic heterocycles. The third-order valence-electron chi connectivity index (χ3n) is 10.3. The highest BCUT2D eigenvalue weighted by Gasteiger charge is 2.72. The Bertz CT molecular complexity index is 1240. The molecule has 0 radical (unpaired) electrons. The molecule has 2 heterocycles. The van der Waals surface area contributed by atoms with Gasteiger partial charge in [-0.05, 0) is 84.7 Å². The van der Waals surface area contributed by atoms with Crippen molar-refractivity contribution in [2.75, 3.05) is 27.3 Å². The predicted octanol–water partition coefficient (Wildman–Crippen LogP) is 3.16. The van der Waals surface area contributed by atoms with Crippen molar-refractivity contribution in [1.82, 2.24) is 21.3 Å². The van der Waals surface area contributed by atoms with Crippen LogP contribution in [0.1, 0.15) is 71.3 Å². The molecule has 1 spiro atoms. The largest absolute Gasteiger partial charge is 0.443 e. The van der Waals surface area contributed by atoms with Crippen LogP contribution >= 0.6 is 0 Å². The van der Waals surface area contributed by atoms with Crippen molar-refractivity contribution in [3.8, 4) is 0 Å². The van der Waals surface area contributed by atoms with Crippen LogP contribution in [0.4, 0.5) is 4.79 Å². The first kappa shape index (κ1) is 34.3. The summed E-state index contributed by atoms with van der Waals surface area (Å²) in [7, 11) is 3.41. The van der Waals surface area contributed by atoms with Gasteiger partial charge in [-0.25, -0.2) is 4.79 Å². The third-order valence-corrected chi connectivity index (χ3v) is 10.3. The smallest absolute Gasteiger partial charge is 0.407 e. The molecule has 4 aliphatic rings. The zero-order valence-corrected chi connectivity index (χ0v) is 27.9. The minimum Gasteiger partial charge on any atom is -0.443 e. The Morgan fingerprint density at radius 2 is 1.72 bits per heavy atom. The van der Waals surface area contributed by atoms with Crippen LogP contribution in [0.5, 0.6) is 0 Å². The first-order valence-corrected chi connectivity index (χ1v) is 16.8. The van der Waals surface area contributed by atoms with E-state index in [1.807, 2.05) is 30.3 Å². The van der Waals surface area contributed by atoms with E-state index in [0.717, 1.165) is 44.1 Å². The lowest BCUT2D eigenvalue weighted by molar-refractivity contribution is -0.127. The molecule has 0 aromatic heterocycles. The van der Waals surface area contributed by atoms with Gasteiger partial charge in [0.1, 0.15) is 23.4 Å². The van der Waals surface area contributed by atoms with E-state index in [1.54, 1.807) is 14.2 Å². The minimum absolute atomic E-state index is 0.00633. The van der Waals surface area contributed by atoms with E-state index in [9.17, 15) is 14.4 Å². The van der Waals surface area contributed by atoms with E-state index in [2.05, 4.69) is 48.1 Å². The Labute approximate surface area is 272 Å². The van der Waals surface area contributed by atoms with Crippen molar-refractivity contribution < 1.29 is 33.3 Å². The monoisotopic (exact) mass is 640 g/mol. The van der Waals surface area contributed by atoms with Crippen molar-refractivity contribution >= 4 is 17.9 Å². The highest BCUT2D eigenvalue weighted by Crippen LogP contribution is 2.59. The van der Waals surface area contributed by atoms with E-state index in [4.69, 9.17) is 18.9 Å². The number of ether oxygens (including phenoxy) is 4. The number of nitrogens with one attached hydrogen (secondary N) is 4. The summed E-state index contributed by atoms with van der Waals surface area (Å²) in [6.45, 7) is 6.92. The molecule has 0 bridgehead atoms. The summed E-state index contributed by atoms with van der Waals surface area (Å²) < 4.78 is 24.3. The van der Waals surface area contributed by atoms with Crippen LogP contribution in [0, 0.1) is 5.92 Å². The second-order valence-electron chi connectivity index (χ2n) is 13.8. The van der Waals surface area contributed by atoms with Gasteiger partial charge in [0.05, 0.1) is 31.2 Å². The van der Waals surface area contributed by atoms with Crippen molar-refractivity contribution in [3.05, 3.63) is 47.5 Å². The van der Waals surface area contributed by atoms with E-state index < -0.39 is 18.2 Å². The van der Waals surface area contributed by atoms with Crippen LogP contribution < -0.4 is 21.3 Å². The maximum atomic E-state index is 13.1. The van der Waals surface area contributed by atoms with E-state index >= 15 is 0 Å². The lowest BCUT2D eigenvalue weighted by atomic mass is 9.68. The normalized spacial score (nSPS) is 33.8. The second-order valence-corrected chi connectivity index (χ2v) is 13.8. The van der Waals surface area contributed by atoms with Gasteiger partial charge in [0.15, 0.2) is 0 Å².